The molecule has 0 radical (unpaired) electrons. The van der Waals surface area contributed by atoms with Gasteiger partial charge in [0.05, 0.1) is 28.5 Å². The van der Waals surface area contributed by atoms with Gasteiger partial charge in [0.15, 0.2) is 0 Å². The lowest BCUT2D eigenvalue weighted by molar-refractivity contribution is -0.384. The van der Waals surface area contributed by atoms with Crippen LogP contribution in [0.15, 0.2) is 42.5 Å². The zero-order valence-corrected chi connectivity index (χ0v) is 17.4. The fourth-order valence-corrected chi connectivity index (χ4v) is 4.39. The van der Waals surface area contributed by atoms with Crippen LogP contribution >= 0.6 is 11.8 Å². The number of benzene rings is 2. The molecule has 0 aliphatic carbocycles. The average molecular weight is 440 g/mol. The van der Waals surface area contributed by atoms with Gasteiger partial charge in [-0.15, -0.1) is 0 Å². The van der Waals surface area contributed by atoms with Crippen LogP contribution in [-0.2, 0) is 11.3 Å². The van der Waals surface area contributed by atoms with Crippen LogP contribution in [0, 0.1) is 10.1 Å². The molecule has 0 saturated carbocycles. The number of rotatable bonds is 6. The normalized spacial score (nSPS) is 16.1. The Balaban J connectivity index is 1.51. The number of anilines is 2. The number of nitrogens with zero attached hydrogens (tertiary/aromatic N) is 3. The smallest absolute Gasteiger partial charge is 0.289 e. The Kier molecular flexibility index (Phi) is 5.90. The van der Waals surface area contributed by atoms with Crippen LogP contribution in [0.5, 0.6) is 0 Å². The first kappa shape index (κ1) is 20.9. The van der Waals surface area contributed by atoms with Gasteiger partial charge in [-0.05, 0) is 36.6 Å². The van der Waals surface area contributed by atoms with Crippen molar-refractivity contribution in [3.05, 3.63) is 63.7 Å². The first-order chi connectivity index (χ1) is 14.9. The molecule has 3 amide bonds. The van der Waals surface area contributed by atoms with Gasteiger partial charge < -0.3 is 10.2 Å². The van der Waals surface area contributed by atoms with Crippen LogP contribution in [0.3, 0.4) is 0 Å². The van der Waals surface area contributed by atoms with E-state index < -0.39 is 10.8 Å². The van der Waals surface area contributed by atoms with E-state index in [1.165, 1.54) is 17.0 Å². The highest BCUT2D eigenvalue weighted by atomic mass is 32.2. The fourth-order valence-electron chi connectivity index (χ4n) is 3.66. The zero-order valence-electron chi connectivity index (χ0n) is 16.6. The number of hydrogen-bond acceptors (Lipinski definition) is 7. The lowest BCUT2D eigenvalue weighted by Gasteiger charge is -2.21. The number of non-ortho nitro benzene ring substituents is 1. The maximum atomic E-state index is 13.0. The monoisotopic (exact) mass is 440 g/mol. The first-order valence-corrected chi connectivity index (χ1v) is 10.8. The molecule has 0 spiro atoms. The number of amides is 3. The summed E-state index contributed by atoms with van der Waals surface area (Å²) in [5, 5.41) is 13.7. The summed E-state index contributed by atoms with van der Waals surface area (Å²) in [4.78, 5) is 50.4. The van der Waals surface area contributed by atoms with Crippen molar-refractivity contribution in [1.82, 2.24) is 4.90 Å². The van der Waals surface area contributed by atoms with E-state index in [4.69, 9.17) is 0 Å². The van der Waals surface area contributed by atoms with Crippen LogP contribution in [-0.4, -0.2) is 45.7 Å². The fraction of sp³-hybridized carbons (Fsp3) is 0.286. The van der Waals surface area contributed by atoms with E-state index in [0.717, 1.165) is 43.3 Å². The number of carbonyl (C=O) groups excluding carboxylic acids is 3. The van der Waals surface area contributed by atoms with Gasteiger partial charge in [-0.1, -0.05) is 23.9 Å². The largest absolute Gasteiger partial charge is 0.371 e. The number of nitrogens with one attached hydrogen (secondary N) is 1. The van der Waals surface area contributed by atoms with Crippen molar-refractivity contribution < 1.29 is 19.3 Å². The molecule has 31 heavy (non-hydrogen) atoms. The van der Waals surface area contributed by atoms with Crippen molar-refractivity contribution in [1.29, 1.82) is 0 Å². The molecule has 2 saturated heterocycles. The second-order valence-corrected chi connectivity index (χ2v) is 8.26. The summed E-state index contributed by atoms with van der Waals surface area (Å²) in [6.45, 7) is 1.79. The second kappa shape index (κ2) is 8.76. The SMILES string of the molecule is O=C(Nc1ccc(CN2C(=O)CSC2=O)cc1)c1cc([N+](=O)[O-])ccc1N1CCCC1. The van der Waals surface area contributed by atoms with Crippen molar-refractivity contribution in [3.8, 4) is 0 Å². The van der Waals surface area contributed by atoms with Crippen molar-refractivity contribution >= 4 is 45.9 Å². The summed E-state index contributed by atoms with van der Waals surface area (Å²) in [6.07, 6.45) is 2.03. The minimum absolute atomic E-state index is 0.138. The van der Waals surface area contributed by atoms with E-state index in [9.17, 15) is 24.5 Å². The van der Waals surface area contributed by atoms with Crippen LogP contribution in [0.4, 0.5) is 21.9 Å². The van der Waals surface area contributed by atoms with Crippen molar-refractivity contribution in [2.24, 2.45) is 0 Å². The molecule has 2 heterocycles. The van der Waals surface area contributed by atoms with E-state index >= 15 is 0 Å². The summed E-state index contributed by atoms with van der Waals surface area (Å²) in [6, 6.07) is 11.2. The molecule has 0 bridgehead atoms. The summed E-state index contributed by atoms with van der Waals surface area (Å²) in [5.41, 5.74) is 2.07. The van der Waals surface area contributed by atoms with Crippen LogP contribution < -0.4 is 10.2 Å². The number of thioether (sulfide) groups is 1. The Hall–Kier alpha value is -3.40. The van der Waals surface area contributed by atoms with E-state index in [1.54, 1.807) is 30.3 Å². The lowest BCUT2D eigenvalue weighted by atomic mass is 10.1. The molecule has 4 rings (SSSR count). The van der Waals surface area contributed by atoms with E-state index in [-0.39, 0.29) is 34.7 Å². The molecule has 160 valence electrons. The van der Waals surface area contributed by atoms with Crippen LogP contribution in [0.1, 0.15) is 28.8 Å². The third-order valence-electron chi connectivity index (χ3n) is 5.28. The van der Waals surface area contributed by atoms with E-state index in [0.29, 0.717) is 11.4 Å². The van der Waals surface area contributed by atoms with E-state index in [2.05, 4.69) is 10.2 Å². The van der Waals surface area contributed by atoms with Crippen molar-refractivity contribution in [2.75, 3.05) is 29.1 Å². The molecular weight excluding hydrogens is 420 g/mol. The molecule has 9 nitrogen and oxygen atoms in total. The van der Waals surface area contributed by atoms with Crippen molar-refractivity contribution in [3.63, 3.8) is 0 Å². The Morgan fingerprint density at radius 3 is 2.42 bits per heavy atom. The number of hydrogen-bond donors (Lipinski definition) is 1. The Labute approximate surface area is 182 Å². The first-order valence-electron chi connectivity index (χ1n) is 9.83. The molecule has 2 fully saturated rings. The molecular formula is C21H20N4O5S. The highest BCUT2D eigenvalue weighted by Crippen LogP contribution is 2.29. The minimum atomic E-state index is -0.515. The Morgan fingerprint density at radius 1 is 1.10 bits per heavy atom. The van der Waals surface area contributed by atoms with Gasteiger partial charge in [0, 0.05) is 30.9 Å². The predicted octanol–water partition coefficient (Wildman–Crippen LogP) is 3.64. The molecule has 10 heteroatoms. The Bertz CT molecular complexity index is 1030. The van der Waals surface area contributed by atoms with Crippen molar-refractivity contribution in [2.45, 2.75) is 19.4 Å². The standard InChI is InChI=1S/C21H20N4O5S/c26-19-13-31-21(28)24(19)12-14-3-5-15(6-4-14)22-20(27)17-11-16(25(29)30)7-8-18(17)23-9-1-2-10-23/h3-8,11H,1-2,9-10,12-13H2,(H,22,27). The third kappa shape index (κ3) is 4.53. The second-order valence-electron chi connectivity index (χ2n) is 7.34. The van der Waals surface area contributed by atoms with Gasteiger partial charge in [0.1, 0.15) is 0 Å². The molecule has 2 aliphatic rings. The van der Waals surface area contributed by atoms with E-state index in [1.807, 2.05) is 0 Å². The summed E-state index contributed by atoms with van der Waals surface area (Å²) < 4.78 is 0. The summed E-state index contributed by atoms with van der Waals surface area (Å²) in [5.74, 6) is -0.484. The molecule has 1 N–H and O–H groups in total. The predicted molar refractivity (Wildman–Crippen MR) is 117 cm³/mol. The zero-order chi connectivity index (χ0) is 22.0. The molecule has 0 atom stereocenters. The minimum Gasteiger partial charge on any atom is -0.371 e. The quantitative estimate of drug-likeness (QED) is 0.539. The average Bonchev–Trinajstić information content (AvgIpc) is 3.40. The number of nitro groups is 1. The number of nitro benzene ring substituents is 1. The summed E-state index contributed by atoms with van der Waals surface area (Å²) in [7, 11) is 0. The topological polar surface area (TPSA) is 113 Å². The molecule has 2 aromatic carbocycles. The van der Waals surface area contributed by atoms with Gasteiger partial charge in [0.25, 0.3) is 16.8 Å². The van der Waals surface area contributed by atoms with Gasteiger partial charge in [-0.25, -0.2) is 0 Å². The third-order valence-corrected chi connectivity index (χ3v) is 6.13. The van der Waals surface area contributed by atoms with Crippen LogP contribution in [0.25, 0.3) is 0 Å². The maximum Gasteiger partial charge on any atom is 0.289 e. The van der Waals surface area contributed by atoms with Gasteiger partial charge in [0.2, 0.25) is 5.91 Å². The highest BCUT2D eigenvalue weighted by molar-refractivity contribution is 8.14. The van der Waals surface area contributed by atoms with Gasteiger partial charge >= 0.3 is 0 Å². The summed E-state index contributed by atoms with van der Waals surface area (Å²) >= 11 is 0.985. The maximum absolute atomic E-state index is 13.0. The lowest BCUT2D eigenvalue weighted by Crippen LogP contribution is -2.27. The number of imide groups is 1. The highest BCUT2D eigenvalue weighted by Gasteiger charge is 2.29. The van der Waals surface area contributed by atoms with Gasteiger partial charge in [-0.3, -0.25) is 29.4 Å². The van der Waals surface area contributed by atoms with Crippen LogP contribution in [0.2, 0.25) is 0 Å². The Morgan fingerprint density at radius 2 is 1.81 bits per heavy atom. The molecule has 2 aromatic rings. The molecule has 2 aliphatic heterocycles. The molecule has 0 aromatic heterocycles. The molecule has 0 unspecified atom stereocenters. The van der Waals surface area contributed by atoms with Gasteiger partial charge in [-0.2, -0.15) is 0 Å². The number of carbonyl (C=O) groups is 3.